The highest BCUT2D eigenvalue weighted by molar-refractivity contribution is 6.08. The summed E-state index contributed by atoms with van der Waals surface area (Å²) >= 11 is 0. The maximum atomic E-state index is 12.5. The van der Waals surface area contributed by atoms with Crippen molar-refractivity contribution in [3.63, 3.8) is 0 Å². The molecule has 0 bridgehead atoms. The lowest BCUT2D eigenvalue weighted by molar-refractivity contribution is -0.126. The Morgan fingerprint density at radius 3 is 2.83 bits per heavy atom. The molecule has 4 heterocycles. The van der Waals surface area contributed by atoms with Gasteiger partial charge in [0.25, 0.3) is 0 Å². The van der Waals surface area contributed by atoms with E-state index < -0.39 is 30.0 Å². The van der Waals surface area contributed by atoms with Crippen LogP contribution in [0, 0.1) is 5.92 Å². The van der Waals surface area contributed by atoms with E-state index in [4.69, 9.17) is 9.47 Å². The lowest BCUT2D eigenvalue weighted by Gasteiger charge is -2.40. The van der Waals surface area contributed by atoms with Crippen molar-refractivity contribution in [2.75, 3.05) is 12.2 Å². The largest absolute Gasteiger partial charge is 0.454 e. The summed E-state index contributed by atoms with van der Waals surface area (Å²) in [5.74, 6) is 0.243. The minimum atomic E-state index is -0.999. The first kappa shape index (κ1) is 17.7. The molecule has 0 radical (unpaired) electrons. The molecule has 2 aromatic rings. The van der Waals surface area contributed by atoms with Crippen LogP contribution < -0.4 is 20.2 Å². The van der Waals surface area contributed by atoms with Crippen molar-refractivity contribution in [3.8, 4) is 11.5 Å². The highest BCUT2D eigenvalue weighted by Crippen LogP contribution is 2.38. The van der Waals surface area contributed by atoms with Crippen molar-refractivity contribution in [3.05, 3.63) is 60.3 Å². The number of hydrazine groups is 1. The van der Waals surface area contributed by atoms with E-state index in [-0.39, 0.29) is 12.7 Å². The SMILES string of the molecule is O=C1NC(=O)C2C1C=CC(C(O)c1ccc3c(c1)OCO3)N2Nc1ccccn1. The number of anilines is 1. The molecule has 0 spiro atoms. The monoisotopic (exact) mass is 394 g/mol. The molecule has 1 aromatic heterocycles. The average molecular weight is 394 g/mol. The molecule has 3 N–H and O–H groups in total. The summed E-state index contributed by atoms with van der Waals surface area (Å²) in [7, 11) is 0. The number of carbonyl (C=O) groups is 2. The predicted octanol–water partition coefficient (Wildman–Crippen LogP) is 0.752. The number of carbonyl (C=O) groups excluding carboxylic acids is 2. The van der Waals surface area contributed by atoms with E-state index in [2.05, 4.69) is 15.7 Å². The quantitative estimate of drug-likeness (QED) is 0.514. The first-order valence-corrected chi connectivity index (χ1v) is 9.18. The second-order valence-corrected chi connectivity index (χ2v) is 6.99. The number of aliphatic hydroxyl groups excluding tert-OH is 1. The first-order chi connectivity index (χ1) is 14.1. The molecule has 3 aliphatic rings. The number of fused-ring (bicyclic) bond motifs is 2. The van der Waals surface area contributed by atoms with E-state index in [0.29, 0.717) is 22.9 Å². The number of amides is 2. The number of pyridine rings is 1. The Hall–Kier alpha value is -3.43. The third kappa shape index (κ3) is 3.00. The van der Waals surface area contributed by atoms with Crippen LogP contribution in [0.2, 0.25) is 0 Å². The normalized spacial score (nSPS) is 26.2. The van der Waals surface area contributed by atoms with Crippen LogP contribution in [0.25, 0.3) is 0 Å². The lowest BCUT2D eigenvalue weighted by Crippen LogP contribution is -2.55. The molecule has 4 unspecified atom stereocenters. The van der Waals surface area contributed by atoms with Gasteiger partial charge in [0.15, 0.2) is 11.5 Å². The van der Waals surface area contributed by atoms with Crippen LogP contribution in [-0.2, 0) is 9.59 Å². The molecule has 29 heavy (non-hydrogen) atoms. The first-order valence-electron chi connectivity index (χ1n) is 9.18. The van der Waals surface area contributed by atoms with E-state index in [9.17, 15) is 14.7 Å². The highest BCUT2D eigenvalue weighted by atomic mass is 16.7. The molecule has 9 heteroatoms. The number of aromatic nitrogens is 1. The minimum Gasteiger partial charge on any atom is -0.454 e. The summed E-state index contributed by atoms with van der Waals surface area (Å²) in [5, 5.41) is 15.1. The molecular weight excluding hydrogens is 376 g/mol. The minimum absolute atomic E-state index is 0.137. The molecule has 148 valence electrons. The Morgan fingerprint density at radius 2 is 2.00 bits per heavy atom. The Balaban J connectivity index is 1.50. The number of ether oxygens (including phenoxy) is 2. The number of aliphatic hydroxyl groups is 1. The summed E-state index contributed by atoms with van der Waals surface area (Å²) in [6.45, 7) is 0.137. The number of hydrogen-bond acceptors (Lipinski definition) is 8. The van der Waals surface area contributed by atoms with Gasteiger partial charge in [0.05, 0.1) is 12.0 Å². The highest BCUT2D eigenvalue weighted by Gasteiger charge is 2.49. The maximum Gasteiger partial charge on any atom is 0.246 e. The summed E-state index contributed by atoms with van der Waals surface area (Å²) < 4.78 is 10.7. The van der Waals surface area contributed by atoms with Crippen LogP contribution in [0.1, 0.15) is 11.7 Å². The molecule has 9 nitrogen and oxygen atoms in total. The Morgan fingerprint density at radius 1 is 1.14 bits per heavy atom. The second kappa shape index (κ2) is 6.87. The number of nitrogens with zero attached hydrogens (tertiary/aromatic N) is 2. The van der Waals surface area contributed by atoms with Crippen molar-refractivity contribution in [1.29, 1.82) is 0 Å². The summed E-state index contributed by atoms with van der Waals surface area (Å²) in [6.07, 6.45) is 4.01. The Kier molecular flexibility index (Phi) is 4.18. The van der Waals surface area contributed by atoms with E-state index >= 15 is 0 Å². The van der Waals surface area contributed by atoms with Crippen LogP contribution in [0.4, 0.5) is 5.82 Å². The summed E-state index contributed by atoms with van der Waals surface area (Å²) in [4.78, 5) is 28.9. The predicted molar refractivity (Wildman–Crippen MR) is 101 cm³/mol. The van der Waals surface area contributed by atoms with Gasteiger partial charge in [0.1, 0.15) is 18.0 Å². The third-order valence-corrected chi connectivity index (χ3v) is 5.26. The molecule has 1 saturated heterocycles. The molecule has 1 fully saturated rings. The fraction of sp³-hybridized carbons (Fsp3) is 0.250. The number of nitrogens with one attached hydrogen (secondary N) is 2. The van der Waals surface area contributed by atoms with Gasteiger partial charge in [-0.15, -0.1) is 0 Å². The van der Waals surface area contributed by atoms with E-state index in [1.165, 1.54) is 0 Å². The molecule has 3 aliphatic heterocycles. The van der Waals surface area contributed by atoms with Crippen molar-refractivity contribution in [2.45, 2.75) is 18.2 Å². The number of imide groups is 1. The zero-order valence-electron chi connectivity index (χ0n) is 15.2. The topological polar surface area (TPSA) is 113 Å². The standard InChI is InChI=1S/C20H18N4O5/c25-18(11-4-7-14-15(9-11)29-10-28-14)13-6-5-12-17(20(27)22-19(12)26)24(13)23-16-3-1-2-8-21-16/h1-9,12-13,17-18,25H,10H2,(H,21,23)(H,22,26,27). The van der Waals surface area contributed by atoms with Crippen LogP contribution >= 0.6 is 0 Å². The summed E-state index contributed by atoms with van der Waals surface area (Å²) in [6, 6.07) is 9.08. The van der Waals surface area contributed by atoms with E-state index in [1.807, 2.05) is 0 Å². The van der Waals surface area contributed by atoms with Crippen molar-refractivity contribution in [2.24, 2.45) is 5.92 Å². The van der Waals surface area contributed by atoms with Crippen molar-refractivity contribution < 1.29 is 24.2 Å². The zero-order valence-corrected chi connectivity index (χ0v) is 15.2. The molecule has 4 atom stereocenters. The smallest absolute Gasteiger partial charge is 0.246 e. The van der Waals surface area contributed by atoms with Crippen LogP contribution in [0.3, 0.4) is 0 Å². The van der Waals surface area contributed by atoms with Crippen molar-refractivity contribution in [1.82, 2.24) is 15.3 Å². The van der Waals surface area contributed by atoms with Gasteiger partial charge < -0.3 is 20.0 Å². The third-order valence-electron chi connectivity index (χ3n) is 5.26. The van der Waals surface area contributed by atoms with Crippen LogP contribution in [0.15, 0.2) is 54.7 Å². The average Bonchev–Trinajstić information content (AvgIpc) is 3.32. The van der Waals surface area contributed by atoms with Gasteiger partial charge in [0.2, 0.25) is 18.6 Å². The summed E-state index contributed by atoms with van der Waals surface area (Å²) in [5.41, 5.74) is 3.70. The van der Waals surface area contributed by atoms with Gasteiger partial charge in [-0.05, 0) is 29.8 Å². The van der Waals surface area contributed by atoms with E-state index in [0.717, 1.165) is 0 Å². The van der Waals surface area contributed by atoms with Crippen LogP contribution in [-0.4, -0.2) is 45.8 Å². The zero-order chi connectivity index (χ0) is 20.0. The molecule has 1 aromatic carbocycles. The molecular formula is C20H18N4O5. The van der Waals surface area contributed by atoms with E-state index in [1.54, 1.807) is 59.8 Å². The van der Waals surface area contributed by atoms with Gasteiger partial charge in [0, 0.05) is 6.20 Å². The molecule has 2 amide bonds. The van der Waals surface area contributed by atoms with Gasteiger partial charge in [-0.1, -0.05) is 24.3 Å². The Labute approximate surface area is 165 Å². The van der Waals surface area contributed by atoms with Gasteiger partial charge >= 0.3 is 0 Å². The number of benzene rings is 1. The second-order valence-electron chi connectivity index (χ2n) is 6.99. The number of hydrogen-bond donors (Lipinski definition) is 3. The molecule has 0 saturated carbocycles. The lowest BCUT2D eigenvalue weighted by atomic mass is 9.90. The van der Waals surface area contributed by atoms with Gasteiger partial charge in [-0.25, -0.2) is 4.98 Å². The van der Waals surface area contributed by atoms with Crippen LogP contribution in [0.5, 0.6) is 11.5 Å². The molecule has 5 rings (SSSR count). The fourth-order valence-electron chi connectivity index (χ4n) is 3.85. The number of rotatable bonds is 4. The maximum absolute atomic E-state index is 12.5. The van der Waals surface area contributed by atoms with Gasteiger partial charge in [-0.2, -0.15) is 5.01 Å². The van der Waals surface area contributed by atoms with Gasteiger partial charge in [-0.3, -0.25) is 14.9 Å². The molecule has 0 aliphatic carbocycles. The van der Waals surface area contributed by atoms with Crippen molar-refractivity contribution >= 4 is 17.6 Å². The Bertz CT molecular complexity index is 996. The fourth-order valence-corrected chi connectivity index (χ4v) is 3.85.